The van der Waals surface area contributed by atoms with E-state index in [4.69, 9.17) is 0 Å². The molecule has 5 nitrogen and oxygen atoms in total. The van der Waals surface area contributed by atoms with Crippen LogP contribution in [0.15, 0.2) is 24.4 Å². The predicted molar refractivity (Wildman–Crippen MR) is 76.8 cm³/mol. The van der Waals surface area contributed by atoms with Crippen molar-refractivity contribution < 1.29 is 35.7 Å². The molecule has 1 aromatic heterocycles. The first-order valence-corrected chi connectivity index (χ1v) is 7.04. The average molecular weight is 393 g/mol. The number of nitro groups is 1. The van der Waals surface area contributed by atoms with E-state index in [1.54, 1.807) is 0 Å². The van der Waals surface area contributed by atoms with Gasteiger partial charge in [-0.05, 0) is 6.07 Å². The number of alkyl halides is 3. The van der Waals surface area contributed by atoms with Crippen molar-refractivity contribution in [3.63, 3.8) is 0 Å². The summed E-state index contributed by atoms with van der Waals surface area (Å²) in [6.45, 7) is -0.940. The van der Waals surface area contributed by atoms with Gasteiger partial charge in [0.25, 0.3) is 5.69 Å². The molecule has 0 aliphatic carbocycles. The zero-order valence-corrected chi connectivity index (χ0v) is 12.8. The maximum Gasteiger partial charge on any atom is 0.422 e. The van der Waals surface area contributed by atoms with Crippen LogP contribution in [-0.2, 0) is 12.7 Å². The molecular weight excluding hydrogens is 387 g/mol. The predicted octanol–water partition coefficient (Wildman–Crippen LogP) is 4.57. The van der Waals surface area contributed by atoms with Gasteiger partial charge in [-0.1, -0.05) is 0 Å². The SMILES string of the molecule is O=[N+]([O-])c1ccc2c(cnn2Cc2c(F)c(F)c(C(F)(F)F)c(F)c2F)c1. The monoisotopic (exact) mass is 393 g/mol. The van der Waals surface area contributed by atoms with E-state index in [-0.39, 0.29) is 16.6 Å². The molecule has 0 saturated heterocycles. The second-order valence-corrected chi connectivity index (χ2v) is 5.41. The molecule has 3 aromatic rings. The summed E-state index contributed by atoms with van der Waals surface area (Å²) in [7, 11) is 0. The van der Waals surface area contributed by atoms with Crippen LogP contribution in [0.2, 0.25) is 0 Å². The lowest BCUT2D eigenvalue weighted by molar-refractivity contribution is -0.384. The van der Waals surface area contributed by atoms with Crippen molar-refractivity contribution in [2.24, 2.45) is 0 Å². The lowest BCUT2D eigenvalue weighted by Gasteiger charge is -2.14. The summed E-state index contributed by atoms with van der Waals surface area (Å²) in [5.74, 6) is -9.54. The van der Waals surface area contributed by atoms with Gasteiger partial charge in [-0.25, -0.2) is 17.6 Å². The fourth-order valence-electron chi connectivity index (χ4n) is 2.53. The normalized spacial score (nSPS) is 12.0. The third kappa shape index (κ3) is 3.06. The van der Waals surface area contributed by atoms with Gasteiger partial charge in [-0.2, -0.15) is 18.3 Å². The van der Waals surface area contributed by atoms with Crippen molar-refractivity contribution in [1.82, 2.24) is 9.78 Å². The lowest BCUT2D eigenvalue weighted by Crippen LogP contribution is -2.18. The number of nitro benzene ring substituents is 1. The van der Waals surface area contributed by atoms with Crippen LogP contribution in [0.5, 0.6) is 0 Å². The third-order valence-electron chi connectivity index (χ3n) is 3.78. The maximum absolute atomic E-state index is 14.0. The second kappa shape index (κ2) is 6.21. The molecule has 3 rings (SSSR count). The zero-order valence-electron chi connectivity index (χ0n) is 12.8. The Balaban J connectivity index is 2.12. The van der Waals surface area contributed by atoms with E-state index < -0.39 is 52.0 Å². The molecule has 2 aromatic carbocycles. The number of benzene rings is 2. The molecule has 0 unspecified atom stereocenters. The third-order valence-corrected chi connectivity index (χ3v) is 3.78. The van der Waals surface area contributed by atoms with E-state index in [2.05, 4.69) is 5.10 Å². The van der Waals surface area contributed by atoms with Gasteiger partial charge in [-0.15, -0.1) is 0 Å². The smallest absolute Gasteiger partial charge is 0.260 e. The molecule has 0 fully saturated rings. The highest BCUT2D eigenvalue weighted by Gasteiger charge is 2.42. The first-order valence-electron chi connectivity index (χ1n) is 7.04. The van der Waals surface area contributed by atoms with E-state index >= 15 is 0 Å². The minimum atomic E-state index is -5.63. The summed E-state index contributed by atoms with van der Waals surface area (Å²) >= 11 is 0. The number of hydrogen-bond acceptors (Lipinski definition) is 3. The Hall–Kier alpha value is -3.18. The van der Waals surface area contributed by atoms with Gasteiger partial charge in [0.15, 0.2) is 23.3 Å². The molecule has 0 spiro atoms. The van der Waals surface area contributed by atoms with Crippen LogP contribution in [0.4, 0.5) is 36.4 Å². The van der Waals surface area contributed by atoms with Gasteiger partial charge in [0.1, 0.15) is 5.56 Å². The van der Waals surface area contributed by atoms with E-state index in [0.29, 0.717) is 0 Å². The number of non-ortho nitro benzene ring substituents is 1. The standard InChI is InChI=1S/C15H6F7N3O2/c16-11-8(12(17)14(19)10(13(11)18)15(20,21)22)5-24-9-2-1-7(25(26)27)3-6(9)4-23-24/h1-4H,5H2. The minimum absolute atomic E-state index is 0.111. The number of aromatic nitrogens is 2. The molecule has 142 valence electrons. The molecule has 0 amide bonds. The number of rotatable bonds is 3. The van der Waals surface area contributed by atoms with Gasteiger partial charge in [0, 0.05) is 17.5 Å². The molecule has 0 saturated carbocycles. The largest absolute Gasteiger partial charge is 0.422 e. The van der Waals surface area contributed by atoms with Crippen LogP contribution in [0.25, 0.3) is 10.9 Å². The van der Waals surface area contributed by atoms with Crippen molar-refractivity contribution >= 4 is 16.6 Å². The number of fused-ring (bicyclic) bond motifs is 1. The van der Waals surface area contributed by atoms with Crippen molar-refractivity contribution in [1.29, 1.82) is 0 Å². The van der Waals surface area contributed by atoms with Crippen LogP contribution in [-0.4, -0.2) is 14.7 Å². The molecule has 1 heterocycles. The highest BCUT2D eigenvalue weighted by atomic mass is 19.4. The molecule has 0 bridgehead atoms. The second-order valence-electron chi connectivity index (χ2n) is 5.41. The quantitative estimate of drug-likeness (QED) is 0.284. The van der Waals surface area contributed by atoms with Crippen molar-refractivity contribution in [2.45, 2.75) is 12.7 Å². The fraction of sp³-hybridized carbons (Fsp3) is 0.133. The zero-order chi connectivity index (χ0) is 20.1. The van der Waals surface area contributed by atoms with Crippen LogP contribution < -0.4 is 0 Å². The summed E-state index contributed by atoms with van der Waals surface area (Å²) in [4.78, 5) is 10.0. The fourth-order valence-corrected chi connectivity index (χ4v) is 2.53. The van der Waals surface area contributed by atoms with Crippen molar-refractivity contribution in [3.05, 3.63) is 68.9 Å². The van der Waals surface area contributed by atoms with Crippen LogP contribution >= 0.6 is 0 Å². The molecular formula is C15H6F7N3O2. The Kier molecular flexibility index (Phi) is 4.28. The number of nitrogens with zero attached hydrogens (tertiary/aromatic N) is 3. The molecule has 12 heteroatoms. The van der Waals surface area contributed by atoms with Crippen LogP contribution in [0.3, 0.4) is 0 Å². The average Bonchev–Trinajstić information content (AvgIpc) is 2.98. The van der Waals surface area contributed by atoms with Gasteiger partial charge < -0.3 is 0 Å². The Morgan fingerprint density at radius 3 is 2.15 bits per heavy atom. The summed E-state index contributed by atoms with van der Waals surface area (Å²) in [6.07, 6.45) is -4.54. The Morgan fingerprint density at radius 2 is 1.63 bits per heavy atom. The van der Waals surface area contributed by atoms with E-state index in [1.807, 2.05) is 0 Å². The Bertz CT molecular complexity index is 1050. The molecule has 27 heavy (non-hydrogen) atoms. The topological polar surface area (TPSA) is 61.0 Å². The van der Waals surface area contributed by atoms with Crippen LogP contribution in [0.1, 0.15) is 11.1 Å². The van der Waals surface area contributed by atoms with Gasteiger partial charge in [0.2, 0.25) is 0 Å². The minimum Gasteiger partial charge on any atom is -0.260 e. The van der Waals surface area contributed by atoms with Gasteiger partial charge in [-0.3, -0.25) is 14.8 Å². The molecule has 0 aliphatic heterocycles. The highest BCUT2D eigenvalue weighted by molar-refractivity contribution is 5.81. The Labute approximate surface area is 144 Å². The lowest BCUT2D eigenvalue weighted by atomic mass is 10.1. The number of hydrogen-bond donors (Lipinski definition) is 0. The van der Waals surface area contributed by atoms with E-state index in [1.165, 1.54) is 6.07 Å². The maximum atomic E-state index is 14.0. The first-order chi connectivity index (χ1) is 12.5. The summed E-state index contributed by atoms with van der Waals surface area (Å²) < 4.78 is 94.0. The van der Waals surface area contributed by atoms with E-state index in [9.17, 15) is 40.8 Å². The first kappa shape index (κ1) is 18.6. The molecule has 0 atom stereocenters. The van der Waals surface area contributed by atoms with Crippen molar-refractivity contribution in [3.8, 4) is 0 Å². The molecule has 0 radical (unpaired) electrons. The van der Waals surface area contributed by atoms with Crippen molar-refractivity contribution in [2.75, 3.05) is 0 Å². The summed E-state index contributed by atoms with van der Waals surface area (Å²) in [5.41, 5.74) is -4.16. The van der Waals surface area contributed by atoms with Gasteiger partial charge >= 0.3 is 6.18 Å². The summed E-state index contributed by atoms with van der Waals surface area (Å²) in [6, 6.07) is 3.33. The highest BCUT2D eigenvalue weighted by Crippen LogP contribution is 2.37. The molecule has 0 aliphatic rings. The number of halogens is 7. The van der Waals surface area contributed by atoms with Gasteiger partial charge in [0.05, 0.1) is 28.7 Å². The molecule has 0 N–H and O–H groups in total. The van der Waals surface area contributed by atoms with E-state index in [0.717, 1.165) is 23.0 Å². The Morgan fingerprint density at radius 1 is 1.04 bits per heavy atom. The summed E-state index contributed by atoms with van der Waals surface area (Å²) in [5, 5.41) is 14.6. The van der Waals surface area contributed by atoms with Crippen LogP contribution in [0, 0.1) is 33.4 Å².